The van der Waals surface area contributed by atoms with Crippen LogP contribution in [0.25, 0.3) is 16.3 Å². The Bertz CT molecular complexity index is 822. The molecule has 1 heterocycles. The fourth-order valence-corrected chi connectivity index (χ4v) is 3.07. The van der Waals surface area contributed by atoms with E-state index in [1.165, 1.54) is 6.08 Å². The first-order valence-corrected chi connectivity index (χ1v) is 8.01. The number of nitrogens with zero attached hydrogens (tertiary/aromatic N) is 1. The van der Waals surface area contributed by atoms with Crippen molar-refractivity contribution >= 4 is 33.5 Å². The van der Waals surface area contributed by atoms with Gasteiger partial charge in [-0.25, -0.2) is 4.98 Å². The first-order chi connectivity index (χ1) is 11.3. The van der Waals surface area contributed by atoms with Gasteiger partial charge in [0.05, 0.1) is 17.3 Å². The van der Waals surface area contributed by atoms with Gasteiger partial charge in [-0.15, -0.1) is 11.3 Å². The van der Waals surface area contributed by atoms with E-state index in [9.17, 15) is 4.79 Å². The van der Waals surface area contributed by atoms with Crippen molar-refractivity contribution in [1.29, 1.82) is 0 Å². The van der Waals surface area contributed by atoms with Crippen LogP contribution in [0.2, 0.25) is 0 Å². The zero-order valence-electron chi connectivity index (χ0n) is 12.7. The van der Waals surface area contributed by atoms with Crippen molar-refractivity contribution < 1.29 is 9.53 Å². The van der Waals surface area contributed by atoms with Crippen molar-refractivity contribution in [2.24, 2.45) is 0 Å². The van der Waals surface area contributed by atoms with E-state index in [0.29, 0.717) is 6.54 Å². The number of benzene rings is 2. The van der Waals surface area contributed by atoms with Crippen molar-refractivity contribution in [2.75, 3.05) is 7.11 Å². The zero-order valence-corrected chi connectivity index (χ0v) is 13.5. The Kier molecular flexibility index (Phi) is 4.68. The van der Waals surface area contributed by atoms with Crippen LogP contribution in [0.15, 0.2) is 54.6 Å². The molecule has 23 heavy (non-hydrogen) atoms. The number of fused-ring (bicyclic) bond motifs is 1. The second kappa shape index (κ2) is 7.07. The number of thiazole rings is 1. The summed E-state index contributed by atoms with van der Waals surface area (Å²) in [4.78, 5) is 16.4. The lowest BCUT2D eigenvalue weighted by atomic mass is 10.2. The molecule has 5 heteroatoms. The summed E-state index contributed by atoms with van der Waals surface area (Å²) in [6.45, 7) is 0.424. The number of carbonyl (C=O) groups is 1. The molecule has 0 aliphatic heterocycles. The number of carbonyl (C=O) groups excluding carboxylic acids is 1. The second-order valence-electron chi connectivity index (χ2n) is 4.88. The molecule has 3 aromatic rings. The van der Waals surface area contributed by atoms with Crippen LogP contribution in [-0.2, 0) is 11.3 Å². The number of amides is 1. The molecule has 3 rings (SSSR count). The van der Waals surface area contributed by atoms with E-state index >= 15 is 0 Å². The van der Waals surface area contributed by atoms with Crippen molar-refractivity contribution in [3.63, 3.8) is 0 Å². The van der Waals surface area contributed by atoms with E-state index in [4.69, 9.17) is 4.74 Å². The second-order valence-corrected chi connectivity index (χ2v) is 5.95. The topological polar surface area (TPSA) is 51.2 Å². The van der Waals surface area contributed by atoms with Gasteiger partial charge in [0, 0.05) is 18.2 Å². The van der Waals surface area contributed by atoms with Crippen LogP contribution < -0.4 is 10.1 Å². The highest BCUT2D eigenvalue weighted by atomic mass is 32.1. The lowest BCUT2D eigenvalue weighted by Gasteiger charge is -2.08. The zero-order chi connectivity index (χ0) is 16.1. The summed E-state index contributed by atoms with van der Waals surface area (Å²) in [5, 5.41) is 3.67. The lowest BCUT2D eigenvalue weighted by Crippen LogP contribution is -2.20. The third-order valence-electron chi connectivity index (χ3n) is 3.33. The van der Waals surface area contributed by atoms with Crippen LogP contribution in [0.5, 0.6) is 5.75 Å². The quantitative estimate of drug-likeness (QED) is 0.729. The molecule has 0 saturated heterocycles. The highest BCUT2D eigenvalue weighted by molar-refractivity contribution is 7.19. The number of rotatable bonds is 5. The lowest BCUT2D eigenvalue weighted by molar-refractivity contribution is -0.116. The molecule has 0 spiro atoms. The van der Waals surface area contributed by atoms with Crippen LogP contribution in [0.1, 0.15) is 10.6 Å². The maximum Gasteiger partial charge on any atom is 0.244 e. The number of ether oxygens (including phenoxy) is 1. The SMILES string of the molecule is COc1ccccc1CNC(=O)/C=C/c1nc2ccccc2s1. The van der Waals surface area contributed by atoms with Crippen LogP contribution in [0, 0.1) is 0 Å². The number of para-hydroxylation sites is 2. The molecule has 1 N–H and O–H groups in total. The highest BCUT2D eigenvalue weighted by Crippen LogP contribution is 2.22. The van der Waals surface area contributed by atoms with Crippen molar-refractivity contribution in [3.05, 3.63) is 65.2 Å². The van der Waals surface area contributed by atoms with Gasteiger partial charge in [0.2, 0.25) is 5.91 Å². The largest absolute Gasteiger partial charge is 0.496 e. The van der Waals surface area contributed by atoms with E-state index in [1.807, 2.05) is 48.5 Å². The van der Waals surface area contributed by atoms with Gasteiger partial charge < -0.3 is 10.1 Å². The van der Waals surface area contributed by atoms with E-state index in [-0.39, 0.29) is 5.91 Å². The molecule has 1 amide bonds. The molecule has 0 bridgehead atoms. The van der Waals surface area contributed by atoms with Gasteiger partial charge in [0.25, 0.3) is 0 Å². The standard InChI is InChI=1S/C18H16N2O2S/c1-22-15-8-4-2-6-13(15)12-19-17(21)10-11-18-20-14-7-3-5-9-16(14)23-18/h2-11H,12H2,1H3,(H,19,21)/b11-10+. The predicted octanol–water partition coefficient (Wildman–Crippen LogP) is 3.63. The molecule has 0 aliphatic rings. The molecule has 4 nitrogen and oxygen atoms in total. The van der Waals surface area contributed by atoms with Gasteiger partial charge in [-0.05, 0) is 24.3 Å². The summed E-state index contributed by atoms with van der Waals surface area (Å²) in [6.07, 6.45) is 3.25. The summed E-state index contributed by atoms with van der Waals surface area (Å²) >= 11 is 1.56. The average molecular weight is 324 g/mol. The van der Waals surface area contributed by atoms with E-state index in [2.05, 4.69) is 10.3 Å². The minimum Gasteiger partial charge on any atom is -0.496 e. The van der Waals surface area contributed by atoms with Gasteiger partial charge >= 0.3 is 0 Å². The van der Waals surface area contributed by atoms with Gasteiger partial charge in [-0.3, -0.25) is 4.79 Å². The molecule has 0 unspecified atom stereocenters. The van der Waals surface area contributed by atoms with E-state index in [0.717, 1.165) is 26.5 Å². The summed E-state index contributed by atoms with van der Waals surface area (Å²) in [5.41, 5.74) is 1.89. The number of hydrogen-bond acceptors (Lipinski definition) is 4. The molecule has 0 saturated carbocycles. The van der Waals surface area contributed by atoms with Crippen LogP contribution in [-0.4, -0.2) is 18.0 Å². The first kappa shape index (κ1) is 15.2. The van der Waals surface area contributed by atoms with Crippen LogP contribution in [0.4, 0.5) is 0 Å². The Morgan fingerprint density at radius 1 is 1.22 bits per heavy atom. The Morgan fingerprint density at radius 3 is 2.83 bits per heavy atom. The van der Waals surface area contributed by atoms with Gasteiger partial charge in [0.1, 0.15) is 10.8 Å². The number of methoxy groups -OCH3 is 1. The van der Waals surface area contributed by atoms with Gasteiger partial charge in [0.15, 0.2) is 0 Å². The van der Waals surface area contributed by atoms with E-state index < -0.39 is 0 Å². The third kappa shape index (κ3) is 3.76. The average Bonchev–Trinajstić information content (AvgIpc) is 3.01. The normalized spacial score (nSPS) is 11.0. The van der Waals surface area contributed by atoms with Gasteiger partial charge in [-0.1, -0.05) is 30.3 Å². The molecular formula is C18H16N2O2S. The Morgan fingerprint density at radius 2 is 2.00 bits per heavy atom. The smallest absolute Gasteiger partial charge is 0.244 e. The summed E-state index contributed by atoms with van der Waals surface area (Å²) in [5.74, 6) is 0.609. The molecule has 116 valence electrons. The monoisotopic (exact) mass is 324 g/mol. The maximum absolute atomic E-state index is 11.9. The molecule has 0 radical (unpaired) electrons. The number of aromatic nitrogens is 1. The molecule has 1 aromatic heterocycles. The molecule has 0 atom stereocenters. The van der Waals surface area contributed by atoms with E-state index in [1.54, 1.807) is 24.5 Å². The maximum atomic E-state index is 11.9. The summed E-state index contributed by atoms with van der Waals surface area (Å²) in [7, 11) is 1.62. The van der Waals surface area contributed by atoms with Gasteiger partial charge in [-0.2, -0.15) is 0 Å². The van der Waals surface area contributed by atoms with Crippen molar-refractivity contribution in [3.8, 4) is 5.75 Å². The molecule has 0 fully saturated rings. The predicted molar refractivity (Wildman–Crippen MR) is 93.5 cm³/mol. The Balaban J connectivity index is 1.62. The van der Waals surface area contributed by atoms with Crippen LogP contribution in [0.3, 0.4) is 0 Å². The third-order valence-corrected chi connectivity index (χ3v) is 4.33. The van der Waals surface area contributed by atoms with Crippen molar-refractivity contribution in [2.45, 2.75) is 6.54 Å². The fraction of sp³-hybridized carbons (Fsp3) is 0.111. The van der Waals surface area contributed by atoms with Crippen LogP contribution >= 0.6 is 11.3 Å². The minimum atomic E-state index is -0.157. The molecular weight excluding hydrogens is 308 g/mol. The Hall–Kier alpha value is -2.66. The Labute approximate surface area is 138 Å². The first-order valence-electron chi connectivity index (χ1n) is 7.19. The summed E-state index contributed by atoms with van der Waals surface area (Å²) < 4.78 is 6.38. The fourth-order valence-electron chi connectivity index (χ4n) is 2.20. The summed E-state index contributed by atoms with van der Waals surface area (Å²) in [6, 6.07) is 15.5. The minimum absolute atomic E-state index is 0.157. The molecule has 2 aromatic carbocycles. The van der Waals surface area contributed by atoms with Crippen molar-refractivity contribution in [1.82, 2.24) is 10.3 Å². The highest BCUT2D eigenvalue weighted by Gasteiger charge is 2.04. The molecule has 0 aliphatic carbocycles. The number of hydrogen-bond donors (Lipinski definition) is 1. The number of nitrogens with one attached hydrogen (secondary N) is 1.